The zero-order valence-electron chi connectivity index (χ0n) is 68.9. The van der Waals surface area contributed by atoms with Crippen molar-refractivity contribution >= 4 is 68.7 Å². The first-order valence-electron chi connectivity index (χ1n) is 40.0. The first-order valence-corrected chi connectivity index (χ1v) is 40.0. The maximum Gasteiger partial charge on any atom is 0.312 e. The zero-order valence-corrected chi connectivity index (χ0v) is 68.9. The number of phenolic OH excluding ortho intramolecular Hbond substituents is 4. The number of ketones is 6. The molecule has 0 bridgehead atoms. The average Bonchev–Trinajstić information content (AvgIpc) is 1.50. The SMILES string of the molecule is CN[C@H]1C[C@H](O[C@H]2C[C@](O)(C(=O)CO)Cc3c(O)c4c(c(O)c32)C(=O)c2c(OC)cccc2C4=O)O[C@@H](C)[C@H]1O[C@@H]1CCCCO1.COC[C@H]1O[C@@H](n2cnc3c(N)nc(F)nc32)[C@@H](O)[C@@H]1O.CO[C@H]1O[C@@H](n2cnc3c(N)nc(F)nc32)[C@@H](O)[C@@H]1O.COc1cccc2c1C(=O)c1c(O)c3c(c(O)c1C2=O)C[C@@](O)(C(C)=O)C[C@@H]3O[C@H]1C[C@H](N)[C@H](C)[C@H](C)O1. The lowest BCUT2D eigenvalue weighted by Crippen LogP contribution is -2.56. The summed E-state index contributed by atoms with van der Waals surface area (Å²) in [5.41, 5.74) is 11.7. The smallest absolute Gasteiger partial charge is 0.312 e. The molecule has 9 aliphatic rings. The van der Waals surface area contributed by atoms with E-state index in [-0.39, 0.29) is 158 Å². The molecule has 21 atom stereocenters. The largest absolute Gasteiger partial charge is 0.507 e. The van der Waals surface area contributed by atoms with E-state index in [0.29, 0.717) is 13.0 Å². The first kappa shape index (κ1) is 90.7. The van der Waals surface area contributed by atoms with Crippen LogP contribution in [0.15, 0.2) is 49.1 Å². The molecular weight excluding hydrogens is 1650 g/mol. The molecule has 4 aliphatic carbocycles. The van der Waals surface area contributed by atoms with Crippen molar-refractivity contribution in [3.05, 3.63) is 128 Å². The van der Waals surface area contributed by atoms with Gasteiger partial charge in [0.25, 0.3) is 0 Å². The van der Waals surface area contributed by atoms with Crippen LogP contribution in [-0.4, -0.2) is 282 Å². The number of carbonyl (C=O) groups is 6. The number of aromatic hydroxyl groups is 4. The van der Waals surface area contributed by atoms with Gasteiger partial charge in [-0.05, 0) is 65.1 Å². The quantitative estimate of drug-likeness (QED) is 0.0456. The van der Waals surface area contributed by atoms with E-state index < -0.39 is 197 Å². The second-order valence-electron chi connectivity index (χ2n) is 31.8. The Hall–Kier alpha value is -10.5. The van der Waals surface area contributed by atoms with Gasteiger partial charge in [0.05, 0.1) is 91.3 Å². The maximum atomic E-state index is 13.9. The number of aliphatic hydroxyl groups is 7. The predicted molar refractivity (Wildman–Crippen MR) is 423 cm³/mol. The van der Waals surface area contributed by atoms with Gasteiger partial charge in [0, 0.05) is 105 Å². The van der Waals surface area contributed by atoms with Gasteiger partial charge in [-0.25, -0.2) is 9.97 Å². The fourth-order valence-corrected chi connectivity index (χ4v) is 17.5. The third-order valence-corrected chi connectivity index (χ3v) is 24.3. The Bertz CT molecular complexity index is 5510. The van der Waals surface area contributed by atoms with Gasteiger partial charge >= 0.3 is 12.2 Å². The number of phenols is 4. The molecular formula is C82H96F2N12O29. The van der Waals surface area contributed by atoms with E-state index >= 15 is 0 Å². The summed E-state index contributed by atoms with van der Waals surface area (Å²) >= 11 is 0. The number of methoxy groups -OCH3 is 4. The molecule has 4 aromatic heterocycles. The van der Waals surface area contributed by atoms with Crippen LogP contribution in [0.5, 0.6) is 34.5 Å². The summed E-state index contributed by atoms with van der Waals surface area (Å²) in [6.07, 6.45) is -12.1. The van der Waals surface area contributed by atoms with Gasteiger partial charge in [-0.3, -0.25) is 37.9 Å². The lowest BCUT2D eigenvalue weighted by atomic mass is 9.72. The first-order chi connectivity index (χ1) is 59.5. The summed E-state index contributed by atoms with van der Waals surface area (Å²) in [5, 5.41) is 121. The number of rotatable bonds is 17. The number of hydrogen-bond acceptors (Lipinski definition) is 39. The Balaban J connectivity index is 0.000000143. The molecule has 18 N–H and O–H groups in total. The molecule has 4 aromatic carbocycles. The molecule has 0 unspecified atom stereocenters. The Kier molecular flexibility index (Phi) is 26.2. The number of fused-ring (bicyclic) bond motifs is 8. The number of nitrogen functional groups attached to an aromatic ring is 2. The van der Waals surface area contributed by atoms with E-state index in [1.165, 1.54) is 93.5 Å². The van der Waals surface area contributed by atoms with Crippen LogP contribution >= 0.6 is 0 Å². The highest BCUT2D eigenvalue weighted by atomic mass is 19.1. The predicted octanol–water partition coefficient (Wildman–Crippen LogP) is 1.70. The molecule has 0 amide bonds. The van der Waals surface area contributed by atoms with Gasteiger partial charge < -0.3 is 136 Å². The molecule has 672 valence electrons. The molecule has 41 nitrogen and oxygen atoms in total. The Morgan fingerprint density at radius 2 is 1.10 bits per heavy atom. The number of aromatic nitrogens is 8. The van der Waals surface area contributed by atoms with Crippen LogP contribution < -0.4 is 32.0 Å². The van der Waals surface area contributed by atoms with Gasteiger partial charge in [0.15, 0.2) is 94.7 Å². The normalized spacial score (nSPS) is 30.3. The van der Waals surface area contributed by atoms with Crippen molar-refractivity contribution in [1.29, 1.82) is 0 Å². The number of hydrogen-bond donors (Lipinski definition) is 15. The second-order valence-corrected chi connectivity index (χ2v) is 31.8. The Labute approximate surface area is 709 Å². The van der Waals surface area contributed by atoms with Crippen LogP contribution in [0.1, 0.15) is 183 Å². The average molecular weight is 1750 g/mol. The molecule has 0 saturated carbocycles. The van der Waals surface area contributed by atoms with Crippen molar-refractivity contribution in [1.82, 2.24) is 44.4 Å². The van der Waals surface area contributed by atoms with Crippen molar-refractivity contribution in [2.45, 2.75) is 207 Å². The maximum absolute atomic E-state index is 13.9. The number of likely N-dealkylation sites (N-methyl/N-ethyl adjacent to an activating group) is 1. The summed E-state index contributed by atoms with van der Waals surface area (Å²) < 4.78 is 97.1. The van der Waals surface area contributed by atoms with E-state index in [9.17, 15) is 93.7 Å². The van der Waals surface area contributed by atoms with Crippen molar-refractivity contribution in [2.75, 3.05) is 66.8 Å². The van der Waals surface area contributed by atoms with Crippen LogP contribution in [0.3, 0.4) is 0 Å². The fraction of sp³-hybridized carbons (Fsp3) is 0.512. The van der Waals surface area contributed by atoms with Crippen LogP contribution in [0.4, 0.5) is 20.4 Å². The third kappa shape index (κ3) is 16.5. The van der Waals surface area contributed by atoms with Gasteiger partial charge in [-0.15, -0.1) is 0 Å². The molecule has 17 rings (SSSR count). The van der Waals surface area contributed by atoms with Crippen molar-refractivity contribution in [3.63, 3.8) is 0 Å². The zero-order chi connectivity index (χ0) is 90.2. The number of ether oxygens (including phenoxy) is 12. The Morgan fingerprint density at radius 3 is 1.56 bits per heavy atom. The number of nitrogens with two attached hydrogens (primary N) is 3. The molecule has 43 heteroatoms. The summed E-state index contributed by atoms with van der Waals surface area (Å²) in [6, 6.07) is 8.43. The number of imidazole rings is 2. The third-order valence-electron chi connectivity index (χ3n) is 24.3. The highest BCUT2D eigenvalue weighted by molar-refractivity contribution is 6.32. The van der Waals surface area contributed by atoms with E-state index in [4.69, 9.17) is 74.0 Å². The second kappa shape index (κ2) is 36.1. The lowest BCUT2D eigenvalue weighted by molar-refractivity contribution is -0.283. The van der Waals surface area contributed by atoms with Crippen LogP contribution in [-0.2, 0) is 69.8 Å². The molecule has 9 heterocycles. The summed E-state index contributed by atoms with van der Waals surface area (Å²) in [4.78, 5) is 102. The number of carbonyl (C=O) groups excluding carboxylic acids is 6. The molecule has 5 aliphatic heterocycles. The number of anilines is 2. The van der Waals surface area contributed by atoms with Gasteiger partial charge in [-0.1, -0.05) is 31.2 Å². The fourth-order valence-electron chi connectivity index (χ4n) is 17.5. The lowest BCUT2D eigenvalue weighted by Gasteiger charge is -2.44. The number of halogens is 2. The highest BCUT2D eigenvalue weighted by Gasteiger charge is 2.54. The summed E-state index contributed by atoms with van der Waals surface area (Å²) in [6.45, 7) is 6.57. The van der Waals surface area contributed by atoms with E-state index in [1.807, 2.05) is 20.8 Å². The van der Waals surface area contributed by atoms with Crippen molar-refractivity contribution < 1.29 is 151 Å². The standard InChI is InChI=1S/C33H39NO12.C28H31NO9.C11H14FN5O4.C10H12FN5O4/c1-15-32(46-22-9-4-5-10-43-22)18(34-2)11-23(44-15)45-20-13-33(41,21(36)14-35)12-17-25(20)31(40)27-26(29(17)38)28(37)16-7-6-8-19(42-3)24(16)30(27)39;1-11-12(2)37-19(8-16(11)29)38-18-10-28(35,13(3)30)9-15-21(18)27(34)23-22(25(15)32)24(31)14-6-5-7-17(36-4)20(14)26(23)33;1-20-2-4-6(18)7(19)10(21-4)17-3-14-5-8(13)15-11(12)16-9(5)17;1-19-9-5(18)4(17)8(20-9)16-2-13-3-6(12)14-10(11)15-7(3)16/h6-8,15,18,20,22-23,32,34-35,38,40-41H,4-5,9-14H2,1-3H3;5-7,11-12,16,18-19,32,34-35H,8-10,29H2,1-4H3;3-4,6-7,10,18-19H,2H2,1H3,(H2,13,15,16);2,4-5,8-9,17-18H,1H3,(H2,12,14,15)/t15-,18-,20-,22+,23-,32+,33-;11-,12+,16+,18+,19+,28+;4-,6-,7+,10-;4-,5-,8+,9-/m0110/s1. The van der Waals surface area contributed by atoms with E-state index in [2.05, 4.69) is 35.2 Å². The topological polar surface area (TPSA) is 613 Å². The van der Waals surface area contributed by atoms with Gasteiger partial charge in [0.1, 0.15) is 88.9 Å². The Morgan fingerprint density at radius 1 is 0.608 bits per heavy atom. The summed E-state index contributed by atoms with van der Waals surface area (Å²) in [7, 11) is 7.26. The number of nitrogens with zero attached hydrogens (tertiary/aromatic N) is 8. The van der Waals surface area contributed by atoms with E-state index in [0.717, 1.165) is 19.3 Å². The van der Waals surface area contributed by atoms with Gasteiger partial charge in [0.2, 0.25) is 11.6 Å². The molecule has 5 saturated heterocycles. The summed E-state index contributed by atoms with van der Waals surface area (Å²) in [5.74, 6) is -6.73. The van der Waals surface area contributed by atoms with Gasteiger partial charge in [-0.2, -0.15) is 28.7 Å². The number of Topliss-reactive ketones (excluding diaryl/α,β-unsaturated/α-hetero) is 2. The molecule has 0 radical (unpaired) electrons. The number of aliphatic hydroxyl groups excluding tert-OH is 5. The van der Waals surface area contributed by atoms with Crippen LogP contribution in [0, 0.1) is 18.1 Å². The number of benzene rings is 4. The van der Waals surface area contributed by atoms with E-state index in [1.54, 1.807) is 7.05 Å². The minimum atomic E-state index is -2.22. The number of nitrogens with one attached hydrogen (secondary N) is 1. The minimum Gasteiger partial charge on any atom is -0.507 e. The van der Waals surface area contributed by atoms with Crippen LogP contribution in [0.2, 0.25) is 0 Å². The molecule has 8 aromatic rings. The monoisotopic (exact) mass is 1750 g/mol. The molecule has 125 heavy (non-hydrogen) atoms. The van der Waals surface area contributed by atoms with Crippen molar-refractivity contribution in [2.24, 2.45) is 11.7 Å². The highest BCUT2D eigenvalue weighted by Crippen LogP contribution is 2.56. The van der Waals surface area contributed by atoms with Crippen LogP contribution in [0.25, 0.3) is 22.3 Å². The molecule has 0 spiro atoms. The molecule has 5 fully saturated rings. The van der Waals surface area contributed by atoms with Crippen molar-refractivity contribution in [3.8, 4) is 34.5 Å². The minimum absolute atomic E-state index is 0.00893.